The third-order valence-corrected chi connectivity index (χ3v) is 4.18. The highest BCUT2D eigenvalue weighted by Gasteiger charge is 2.39. The Morgan fingerprint density at radius 2 is 1.65 bits per heavy atom. The van der Waals surface area contributed by atoms with Crippen molar-refractivity contribution >= 4 is 0 Å². The lowest BCUT2D eigenvalue weighted by Crippen LogP contribution is -2.14. The summed E-state index contributed by atoms with van der Waals surface area (Å²) < 4.78 is 0. The molecule has 1 aromatic carbocycles. The van der Waals surface area contributed by atoms with Gasteiger partial charge >= 0.3 is 0 Å². The van der Waals surface area contributed by atoms with Gasteiger partial charge in [0.1, 0.15) is 0 Å². The molecule has 0 amide bonds. The quantitative estimate of drug-likeness (QED) is 0.658. The average Bonchev–Trinajstić information content (AvgIpc) is 2.96. The third kappa shape index (κ3) is 2.56. The molecule has 1 aliphatic carbocycles. The molecular formula is C17H26. The van der Waals surface area contributed by atoms with E-state index in [9.17, 15) is 0 Å². The molecular weight excluding hydrogens is 204 g/mol. The van der Waals surface area contributed by atoms with Crippen LogP contribution >= 0.6 is 0 Å². The highest BCUT2D eigenvalue weighted by atomic mass is 14.4. The molecule has 0 spiro atoms. The molecule has 1 aliphatic rings. The summed E-state index contributed by atoms with van der Waals surface area (Å²) in [4.78, 5) is 0. The van der Waals surface area contributed by atoms with Gasteiger partial charge in [-0.25, -0.2) is 0 Å². The fraction of sp³-hybridized carbons (Fsp3) is 0.647. The zero-order valence-electron chi connectivity index (χ0n) is 12.2. The highest BCUT2D eigenvalue weighted by molar-refractivity contribution is 5.41. The Kier molecular flexibility index (Phi) is 2.88. The third-order valence-electron chi connectivity index (χ3n) is 4.18. The summed E-state index contributed by atoms with van der Waals surface area (Å²) in [5, 5.41) is 0. The molecule has 0 heterocycles. The van der Waals surface area contributed by atoms with E-state index < -0.39 is 0 Å². The lowest BCUT2D eigenvalue weighted by molar-refractivity contribution is 0.585. The average molecular weight is 230 g/mol. The van der Waals surface area contributed by atoms with Crippen molar-refractivity contribution in [2.24, 2.45) is 0 Å². The van der Waals surface area contributed by atoms with E-state index in [4.69, 9.17) is 0 Å². The van der Waals surface area contributed by atoms with Crippen molar-refractivity contribution in [2.75, 3.05) is 0 Å². The maximum Gasteiger partial charge on any atom is -0.00744 e. The molecule has 1 fully saturated rings. The van der Waals surface area contributed by atoms with E-state index in [0.717, 1.165) is 0 Å². The molecule has 2 rings (SSSR count). The van der Waals surface area contributed by atoms with E-state index in [1.165, 1.54) is 24.0 Å². The summed E-state index contributed by atoms with van der Waals surface area (Å²) in [6.45, 7) is 13.9. The molecule has 0 N–H and O–H groups in total. The maximum absolute atomic E-state index is 2.44. The van der Waals surface area contributed by atoms with Crippen LogP contribution in [0, 0.1) is 0 Å². The number of benzene rings is 1. The van der Waals surface area contributed by atoms with Crippen LogP contribution in [0.15, 0.2) is 18.2 Å². The molecule has 0 heteroatoms. The SMILES string of the molecule is CC(C)c1cc(C(C)(C)C)cc(C2(C)CC2)c1. The molecule has 94 valence electrons. The van der Waals surface area contributed by atoms with Crippen LogP contribution in [0.25, 0.3) is 0 Å². The van der Waals surface area contributed by atoms with E-state index >= 15 is 0 Å². The van der Waals surface area contributed by atoms with Gasteiger partial charge in [-0.2, -0.15) is 0 Å². The molecule has 0 aromatic heterocycles. The second-order valence-electron chi connectivity index (χ2n) is 7.31. The Labute approximate surface area is 106 Å². The number of rotatable bonds is 2. The number of hydrogen-bond acceptors (Lipinski definition) is 0. The molecule has 0 saturated heterocycles. The number of hydrogen-bond donors (Lipinski definition) is 0. The second-order valence-corrected chi connectivity index (χ2v) is 7.31. The minimum atomic E-state index is 0.255. The van der Waals surface area contributed by atoms with Crippen LogP contribution < -0.4 is 0 Å². The lowest BCUT2D eigenvalue weighted by atomic mass is 9.81. The Bertz CT molecular complexity index is 391. The van der Waals surface area contributed by atoms with Gasteiger partial charge in [0.05, 0.1) is 0 Å². The van der Waals surface area contributed by atoms with E-state index in [1.54, 1.807) is 5.56 Å². The van der Waals surface area contributed by atoms with Gasteiger partial charge in [-0.05, 0) is 46.3 Å². The molecule has 0 nitrogen and oxygen atoms in total. The van der Waals surface area contributed by atoms with Crippen molar-refractivity contribution in [2.45, 2.75) is 71.1 Å². The van der Waals surface area contributed by atoms with Gasteiger partial charge in [0.2, 0.25) is 0 Å². The van der Waals surface area contributed by atoms with E-state index in [2.05, 4.69) is 59.7 Å². The van der Waals surface area contributed by atoms with Gasteiger partial charge < -0.3 is 0 Å². The summed E-state index contributed by atoms with van der Waals surface area (Å²) >= 11 is 0. The van der Waals surface area contributed by atoms with Crippen LogP contribution in [0.4, 0.5) is 0 Å². The second kappa shape index (κ2) is 3.86. The van der Waals surface area contributed by atoms with E-state index in [0.29, 0.717) is 11.3 Å². The minimum Gasteiger partial charge on any atom is -0.0587 e. The first-order chi connectivity index (χ1) is 7.72. The minimum absolute atomic E-state index is 0.255. The molecule has 0 unspecified atom stereocenters. The first kappa shape index (κ1) is 12.7. The van der Waals surface area contributed by atoms with Crippen LogP contribution in [0.2, 0.25) is 0 Å². The fourth-order valence-electron chi connectivity index (χ4n) is 2.24. The van der Waals surface area contributed by atoms with Crippen LogP contribution in [0.5, 0.6) is 0 Å². The van der Waals surface area contributed by atoms with Gasteiger partial charge in [-0.15, -0.1) is 0 Å². The monoisotopic (exact) mass is 230 g/mol. The summed E-state index contributed by atoms with van der Waals surface area (Å²) in [5.74, 6) is 0.624. The lowest BCUT2D eigenvalue weighted by Gasteiger charge is -2.24. The first-order valence-corrected chi connectivity index (χ1v) is 6.88. The van der Waals surface area contributed by atoms with Gasteiger partial charge in [0, 0.05) is 0 Å². The molecule has 17 heavy (non-hydrogen) atoms. The van der Waals surface area contributed by atoms with Crippen molar-refractivity contribution in [1.82, 2.24) is 0 Å². The van der Waals surface area contributed by atoms with Crippen molar-refractivity contribution in [3.8, 4) is 0 Å². The topological polar surface area (TPSA) is 0 Å². The van der Waals surface area contributed by atoms with Crippen molar-refractivity contribution in [3.05, 3.63) is 34.9 Å². The van der Waals surface area contributed by atoms with E-state index in [1.807, 2.05) is 0 Å². The molecule has 0 aliphatic heterocycles. The smallest absolute Gasteiger partial charge is 0.00744 e. The molecule has 1 saturated carbocycles. The molecule has 1 aromatic rings. The van der Waals surface area contributed by atoms with Gasteiger partial charge in [-0.1, -0.05) is 59.7 Å². The van der Waals surface area contributed by atoms with Gasteiger partial charge in [0.15, 0.2) is 0 Å². The standard InChI is InChI=1S/C17H26/c1-12(2)13-9-14(16(3,4)5)11-15(10-13)17(6)7-8-17/h9-12H,7-8H2,1-6H3. The van der Waals surface area contributed by atoms with Crippen molar-refractivity contribution < 1.29 is 0 Å². The Morgan fingerprint density at radius 3 is 2.06 bits per heavy atom. The Balaban J connectivity index is 2.51. The summed E-state index contributed by atoms with van der Waals surface area (Å²) in [5.41, 5.74) is 5.29. The molecule has 0 bridgehead atoms. The first-order valence-electron chi connectivity index (χ1n) is 6.88. The zero-order valence-corrected chi connectivity index (χ0v) is 12.2. The Hall–Kier alpha value is -0.780. The molecule has 0 atom stereocenters. The van der Waals surface area contributed by atoms with Gasteiger partial charge in [0.25, 0.3) is 0 Å². The fourth-order valence-corrected chi connectivity index (χ4v) is 2.24. The Morgan fingerprint density at radius 1 is 1.06 bits per heavy atom. The van der Waals surface area contributed by atoms with Crippen LogP contribution in [-0.2, 0) is 10.8 Å². The van der Waals surface area contributed by atoms with E-state index in [-0.39, 0.29) is 5.41 Å². The maximum atomic E-state index is 2.44. The largest absolute Gasteiger partial charge is 0.0587 e. The van der Waals surface area contributed by atoms with Crippen LogP contribution in [0.1, 0.15) is 77.0 Å². The summed E-state index contributed by atoms with van der Waals surface area (Å²) in [6, 6.07) is 7.28. The van der Waals surface area contributed by atoms with Crippen molar-refractivity contribution in [1.29, 1.82) is 0 Å². The summed E-state index contributed by atoms with van der Waals surface area (Å²) in [6.07, 6.45) is 2.72. The van der Waals surface area contributed by atoms with Crippen molar-refractivity contribution in [3.63, 3.8) is 0 Å². The highest BCUT2D eigenvalue weighted by Crippen LogP contribution is 2.48. The van der Waals surface area contributed by atoms with Gasteiger partial charge in [-0.3, -0.25) is 0 Å². The normalized spacial score (nSPS) is 18.5. The predicted octanol–water partition coefficient (Wildman–Crippen LogP) is 5.16. The predicted molar refractivity (Wildman–Crippen MR) is 75.8 cm³/mol. The zero-order chi connectivity index (χ0) is 12.8. The van der Waals surface area contributed by atoms with Crippen LogP contribution in [0.3, 0.4) is 0 Å². The molecule has 0 radical (unpaired) electrons. The summed E-state index contributed by atoms with van der Waals surface area (Å²) in [7, 11) is 0. The van der Waals surface area contributed by atoms with Crippen LogP contribution in [-0.4, -0.2) is 0 Å².